The highest BCUT2D eigenvalue weighted by molar-refractivity contribution is 6.33. The number of halogens is 1. The highest BCUT2D eigenvalue weighted by Crippen LogP contribution is 2.22. The SMILES string of the molecule is Cc1ccc(-c2ccc(=O)n([C@@H](C)C(=O)Nc3ccccc3Cl)n2)cc1C. The lowest BCUT2D eigenvalue weighted by molar-refractivity contribution is -0.119. The number of anilines is 1. The molecule has 0 bridgehead atoms. The van der Waals surface area contributed by atoms with Crippen molar-refractivity contribution >= 4 is 23.2 Å². The average molecular weight is 382 g/mol. The Bertz CT molecular complexity index is 1060. The first-order chi connectivity index (χ1) is 12.9. The molecule has 0 aliphatic heterocycles. The third-order valence-corrected chi connectivity index (χ3v) is 4.84. The van der Waals surface area contributed by atoms with Gasteiger partial charge in [0.15, 0.2) is 0 Å². The Kier molecular flexibility index (Phi) is 5.42. The molecule has 6 heteroatoms. The first-order valence-corrected chi connectivity index (χ1v) is 8.97. The van der Waals surface area contributed by atoms with E-state index in [0.717, 1.165) is 11.1 Å². The van der Waals surface area contributed by atoms with Crippen LogP contribution in [-0.4, -0.2) is 15.7 Å². The number of nitrogens with zero attached hydrogens (tertiary/aromatic N) is 2. The van der Waals surface area contributed by atoms with Crippen LogP contribution in [0.25, 0.3) is 11.3 Å². The van der Waals surface area contributed by atoms with Crippen LogP contribution in [0.1, 0.15) is 24.1 Å². The molecule has 0 saturated carbocycles. The van der Waals surface area contributed by atoms with E-state index in [0.29, 0.717) is 16.4 Å². The minimum atomic E-state index is -0.791. The zero-order valence-electron chi connectivity index (χ0n) is 15.4. The van der Waals surface area contributed by atoms with Crippen molar-refractivity contribution in [2.45, 2.75) is 26.8 Å². The largest absolute Gasteiger partial charge is 0.323 e. The number of nitrogens with one attached hydrogen (secondary N) is 1. The lowest BCUT2D eigenvalue weighted by Gasteiger charge is -2.16. The van der Waals surface area contributed by atoms with E-state index < -0.39 is 6.04 Å². The predicted molar refractivity (Wildman–Crippen MR) is 108 cm³/mol. The van der Waals surface area contributed by atoms with E-state index in [2.05, 4.69) is 10.4 Å². The molecule has 0 saturated heterocycles. The van der Waals surface area contributed by atoms with Crippen molar-refractivity contribution in [1.29, 1.82) is 0 Å². The minimum absolute atomic E-state index is 0.343. The summed E-state index contributed by atoms with van der Waals surface area (Å²) in [6, 6.07) is 15.2. The number of carbonyl (C=O) groups excluding carboxylic acids is 1. The van der Waals surface area contributed by atoms with E-state index in [1.165, 1.54) is 16.3 Å². The van der Waals surface area contributed by atoms with Gasteiger partial charge >= 0.3 is 0 Å². The fourth-order valence-corrected chi connectivity index (χ4v) is 2.85. The van der Waals surface area contributed by atoms with Crippen LogP contribution in [0, 0.1) is 13.8 Å². The zero-order valence-corrected chi connectivity index (χ0v) is 16.1. The molecule has 1 atom stereocenters. The van der Waals surface area contributed by atoms with Crippen molar-refractivity contribution in [3.05, 3.63) is 81.1 Å². The van der Waals surface area contributed by atoms with Gasteiger partial charge in [-0.05, 0) is 56.2 Å². The van der Waals surface area contributed by atoms with E-state index in [-0.39, 0.29) is 11.5 Å². The summed E-state index contributed by atoms with van der Waals surface area (Å²) < 4.78 is 1.19. The number of amides is 1. The van der Waals surface area contributed by atoms with E-state index in [4.69, 9.17) is 11.6 Å². The highest BCUT2D eigenvalue weighted by atomic mass is 35.5. The second kappa shape index (κ2) is 7.76. The summed E-state index contributed by atoms with van der Waals surface area (Å²) in [5, 5.41) is 7.58. The Hall–Kier alpha value is -2.92. The summed E-state index contributed by atoms with van der Waals surface area (Å²) in [4.78, 5) is 24.9. The monoisotopic (exact) mass is 381 g/mol. The molecule has 5 nitrogen and oxygen atoms in total. The van der Waals surface area contributed by atoms with Gasteiger partial charge in [0.2, 0.25) is 5.91 Å². The van der Waals surface area contributed by atoms with Gasteiger partial charge < -0.3 is 5.32 Å². The number of aromatic nitrogens is 2. The Morgan fingerprint density at radius 3 is 2.52 bits per heavy atom. The number of para-hydroxylation sites is 1. The number of aryl methyl sites for hydroxylation is 2. The lowest BCUT2D eigenvalue weighted by Crippen LogP contribution is -2.33. The van der Waals surface area contributed by atoms with Gasteiger partial charge in [-0.2, -0.15) is 5.10 Å². The van der Waals surface area contributed by atoms with Crippen LogP contribution in [0.2, 0.25) is 5.02 Å². The number of rotatable bonds is 4. The third kappa shape index (κ3) is 4.09. The molecule has 3 aromatic rings. The molecular weight excluding hydrogens is 362 g/mol. The molecule has 0 unspecified atom stereocenters. The van der Waals surface area contributed by atoms with Gasteiger partial charge in [-0.3, -0.25) is 9.59 Å². The van der Waals surface area contributed by atoms with Crippen LogP contribution in [0.4, 0.5) is 5.69 Å². The van der Waals surface area contributed by atoms with E-state index in [1.54, 1.807) is 37.3 Å². The summed E-state index contributed by atoms with van der Waals surface area (Å²) in [5.74, 6) is -0.366. The number of hydrogen-bond donors (Lipinski definition) is 1. The minimum Gasteiger partial charge on any atom is -0.323 e. The molecule has 0 aliphatic carbocycles. The number of hydrogen-bond acceptors (Lipinski definition) is 3. The predicted octanol–water partition coefficient (Wildman–Crippen LogP) is 4.38. The maximum atomic E-state index is 12.6. The Morgan fingerprint density at radius 1 is 1.07 bits per heavy atom. The molecular formula is C21H20ClN3O2. The van der Waals surface area contributed by atoms with Crippen molar-refractivity contribution < 1.29 is 4.79 Å². The fourth-order valence-electron chi connectivity index (χ4n) is 2.67. The van der Waals surface area contributed by atoms with Crippen LogP contribution in [-0.2, 0) is 4.79 Å². The van der Waals surface area contributed by atoms with E-state index in [9.17, 15) is 9.59 Å². The molecule has 27 heavy (non-hydrogen) atoms. The quantitative estimate of drug-likeness (QED) is 0.729. The second-order valence-corrected chi connectivity index (χ2v) is 6.85. The van der Waals surface area contributed by atoms with Crippen LogP contribution in [0.15, 0.2) is 59.4 Å². The van der Waals surface area contributed by atoms with Gasteiger partial charge in [-0.1, -0.05) is 35.9 Å². The Balaban J connectivity index is 1.91. The van der Waals surface area contributed by atoms with Crippen molar-refractivity contribution in [3.8, 4) is 11.3 Å². The van der Waals surface area contributed by atoms with Crippen molar-refractivity contribution in [1.82, 2.24) is 9.78 Å². The van der Waals surface area contributed by atoms with Gasteiger partial charge in [0.25, 0.3) is 5.56 Å². The van der Waals surface area contributed by atoms with Crippen molar-refractivity contribution in [2.24, 2.45) is 0 Å². The molecule has 1 aromatic heterocycles. The zero-order chi connectivity index (χ0) is 19.6. The van der Waals surface area contributed by atoms with E-state index in [1.807, 2.05) is 32.0 Å². The smallest absolute Gasteiger partial charge is 0.267 e. The van der Waals surface area contributed by atoms with E-state index >= 15 is 0 Å². The molecule has 0 aliphatic rings. The Labute approximate surface area is 162 Å². The first kappa shape index (κ1) is 18.9. The molecule has 3 rings (SSSR count). The normalized spacial score (nSPS) is 11.9. The summed E-state index contributed by atoms with van der Waals surface area (Å²) in [6.45, 7) is 5.69. The first-order valence-electron chi connectivity index (χ1n) is 8.59. The van der Waals surface area contributed by atoms with Gasteiger partial charge in [-0.15, -0.1) is 0 Å². The van der Waals surface area contributed by atoms with Crippen LogP contribution >= 0.6 is 11.6 Å². The molecule has 1 N–H and O–H groups in total. The van der Waals surface area contributed by atoms with Gasteiger partial charge in [-0.25, -0.2) is 4.68 Å². The summed E-state index contributed by atoms with van der Waals surface area (Å²) in [6.07, 6.45) is 0. The third-order valence-electron chi connectivity index (χ3n) is 4.51. The molecule has 2 aromatic carbocycles. The standard InChI is InChI=1S/C21H20ClN3O2/c1-13-8-9-16(12-14(13)2)18-10-11-20(26)25(24-18)15(3)21(27)23-19-7-5-4-6-17(19)22/h4-12,15H,1-3H3,(H,23,27)/t15-/m0/s1. The number of carbonyl (C=O) groups is 1. The summed E-state index contributed by atoms with van der Waals surface area (Å²) in [7, 11) is 0. The maximum Gasteiger partial charge on any atom is 0.267 e. The van der Waals surface area contributed by atoms with Crippen molar-refractivity contribution in [2.75, 3.05) is 5.32 Å². The molecule has 138 valence electrons. The fraction of sp³-hybridized carbons (Fsp3) is 0.190. The van der Waals surface area contributed by atoms with Crippen LogP contribution in [0.5, 0.6) is 0 Å². The van der Waals surface area contributed by atoms with Gasteiger partial charge in [0.1, 0.15) is 6.04 Å². The highest BCUT2D eigenvalue weighted by Gasteiger charge is 2.19. The lowest BCUT2D eigenvalue weighted by atomic mass is 10.0. The molecule has 1 amide bonds. The molecule has 1 heterocycles. The summed E-state index contributed by atoms with van der Waals surface area (Å²) in [5.41, 5.74) is 4.00. The topological polar surface area (TPSA) is 64.0 Å². The van der Waals surface area contributed by atoms with Crippen LogP contribution in [0.3, 0.4) is 0 Å². The maximum absolute atomic E-state index is 12.6. The average Bonchev–Trinajstić information content (AvgIpc) is 2.65. The molecule has 0 fully saturated rings. The van der Waals surface area contributed by atoms with Crippen molar-refractivity contribution in [3.63, 3.8) is 0 Å². The Morgan fingerprint density at radius 2 is 1.81 bits per heavy atom. The van der Waals surface area contributed by atoms with Gasteiger partial charge in [0, 0.05) is 11.6 Å². The van der Waals surface area contributed by atoms with Gasteiger partial charge in [0.05, 0.1) is 16.4 Å². The molecule has 0 radical (unpaired) electrons. The summed E-state index contributed by atoms with van der Waals surface area (Å²) >= 11 is 6.08. The molecule has 0 spiro atoms. The second-order valence-electron chi connectivity index (χ2n) is 6.45. The van der Waals surface area contributed by atoms with Crippen LogP contribution < -0.4 is 10.9 Å². The number of benzene rings is 2.